The van der Waals surface area contributed by atoms with Gasteiger partial charge < -0.3 is 0 Å². The minimum Gasteiger partial charge on any atom is -0.299 e. The van der Waals surface area contributed by atoms with Crippen LogP contribution in [0.25, 0.3) is 21.1 Å². The molecule has 0 bridgehead atoms. The Labute approximate surface area is 200 Å². The van der Waals surface area contributed by atoms with Crippen LogP contribution in [-0.2, 0) is 32.2 Å². The molecule has 4 aromatic rings. The first-order valence-corrected chi connectivity index (χ1v) is 13.3. The first-order valence-electron chi connectivity index (χ1n) is 11.5. The van der Waals surface area contributed by atoms with E-state index < -0.39 is 0 Å². The Morgan fingerprint density at radius 3 is 2.76 bits per heavy atom. The third-order valence-electron chi connectivity index (χ3n) is 6.33. The van der Waals surface area contributed by atoms with E-state index in [2.05, 4.69) is 20.8 Å². The Balaban J connectivity index is 1.58. The summed E-state index contributed by atoms with van der Waals surface area (Å²) in [6.45, 7) is 7.13. The minimum atomic E-state index is -0.0563. The van der Waals surface area contributed by atoms with Gasteiger partial charge in [0.1, 0.15) is 10.7 Å². The molecular formula is C25H28N4O2S2. The van der Waals surface area contributed by atoms with Gasteiger partial charge in [0.15, 0.2) is 5.16 Å². The number of para-hydroxylation sites is 1. The van der Waals surface area contributed by atoms with Gasteiger partial charge in [0.25, 0.3) is 11.1 Å². The average molecular weight is 481 g/mol. The number of nitrogens with zero attached hydrogens (tertiary/aromatic N) is 4. The topological polar surface area (TPSA) is 69.8 Å². The average Bonchev–Trinajstić information content (AvgIpc) is 3.14. The molecular weight excluding hydrogens is 452 g/mol. The molecule has 3 heterocycles. The molecule has 1 aliphatic rings. The second-order valence-electron chi connectivity index (χ2n) is 9.43. The van der Waals surface area contributed by atoms with Gasteiger partial charge in [0.2, 0.25) is 0 Å². The van der Waals surface area contributed by atoms with Crippen LogP contribution in [0, 0.1) is 11.8 Å². The highest BCUT2D eigenvalue weighted by atomic mass is 32.2. The molecule has 1 atom stereocenters. The molecule has 8 heteroatoms. The monoisotopic (exact) mass is 480 g/mol. The van der Waals surface area contributed by atoms with Crippen LogP contribution in [0.1, 0.15) is 43.5 Å². The molecule has 0 amide bonds. The van der Waals surface area contributed by atoms with Gasteiger partial charge in [-0.3, -0.25) is 18.7 Å². The number of hydrogen-bond acceptors (Lipinski definition) is 6. The highest BCUT2D eigenvalue weighted by Crippen LogP contribution is 2.36. The van der Waals surface area contributed by atoms with Crippen LogP contribution in [0.2, 0.25) is 0 Å². The molecule has 1 aromatic carbocycles. The van der Waals surface area contributed by atoms with Gasteiger partial charge in [-0.05, 0) is 48.8 Å². The van der Waals surface area contributed by atoms with Gasteiger partial charge in [-0.2, -0.15) is 0 Å². The minimum absolute atomic E-state index is 0.0563. The summed E-state index contributed by atoms with van der Waals surface area (Å²) in [6.07, 6.45) is 3.12. The van der Waals surface area contributed by atoms with Crippen LogP contribution in [0.3, 0.4) is 0 Å². The molecule has 0 radical (unpaired) electrons. The standard InChI is InChI=1S/C25H28N4O2S2/c1-14(2)12-29-24(31)21-17-10-9-15(3)11-19(17)33-22(21)27-25(29)32-13-20-26-18-8-6-5-7-16(18)23(30)28(20)4/h5-8,14-15H,9-13H2,1-4H3. The van der Waals surface area contributed by atoms with Crippen LogP contribution in [0.15, 0.2) is 39.0 Å². The van der Waals surface area contributed by atoms with Crippen molar-refractivity contribution in [3.63, 3.8) is 0 Å². The third-order valence-corrected chi connectivity index (χ3v) is 8.45. The summed E-state index contributed by atoms with van der Waals surface area (Å²) in [5.41, 5.74) is 1.93. The van der Waals surface area contributed by atoms with Gasteiger partial charge in [-0.1, -0.05) is 44.7 Å². The number of aromatic nitrogens is 4. The van der Waals surface area contributed by atoms with Gasteiger partial charge in [-0.15, -0.1) is 11.3 Å². The van der Waals surface area contributed by atoms with Crippen LogP contribution in [-0.4, -0.2) is 19.1 Å². The largest absolute Gasteiger partial charge is 0.299 e. The second kappa shape index (κ2) is 8.72. The maximum absolute atomic E-state index is 13.7. The highest BCUT2D eigenvalue weighted by molar-refractivity contribution is 7.98. The Bertz CT molecular complexity index is 1480. The third kappa shape index (κ3) is 4.04. The molecule has 0 spiro atoms. The second-order valence-corrected chi connectivity index (χ2v) is 11.5. The molecule has 6 nitrogen and oxygen atoms in total. The van der Waals surface area contributed by atoms with E-state index in [-0.39, 0.29) is 11.1 Å². The molecule has 1 unspecified atom stereocenters. The lowest BCUT2D eigenvalue weighted by molar-refractivity contribution is 0.474. The summed E-state index contributed by atoms with van der Waals surface area (Å²) >= 11 is 3.17. The number of hydrogen-bond donors (Lipinski definition) is 0. The zero-order chi connectivity index (χ0) is 23.3. The maximum atomic E-state index is 13.7. The lowest BCUT2D eigenvalue weighted by Crippen LogP contribution is -2.26. The molecule has 3 aromatic heterocycles. The Kier molecular flexibility index (Phi) is 5.91. The predicted molar refractivity (Wildman–Crippen MR) is 136 cm³/mol. The number of benzene rings is 1. The van der Waals surface area contributed by atoms with Crippen molar-refractivity contribution >= 4 is 44.2 Å². The van der Waals surface area contributed by atoms with Crippen molar-refractivity contribution in [3.8, 4) is 0 Å². The first-order chi connectivity index (χ1) is 15.8. The molecule has 1 aliphatic carbocycles. The van der Waals surface area contributed by atoms with Crippen LogP contribution in [0.4, 0.5) is 0 Å². The van der Waals surface area contributed by atoms with Crippen molar-refractivity contribution < 1.29 is 0 Å². The number of thioether (sulfide) groups is 1. The van der Waals surface area contributed by atoms with Crippen molar-refractivity contribution in [3.05, 3.63) is 61.2 Å². The van der Waals surface area contributed by atoms with E-state index in [1.165, 1.54) is 22.2 Å². The zero-order valence-electron chi connectivity index (χ0n) is 19.4. The number of rotatable bonds is 5. The highest BCUT2D eigenvalue weighted by Gasteiger charge is 2.25. The SMILES string of the molecule is CC(C)Cn1c(SCc2nc3ccccc3c(=O)n2C)nc2sc3c(c2c1=O)CCC(C)C3. The predicted octanol–water partition coefficient (Wildman–Crippen LogP) is 4.78. The van der Waals surface area contributed by atoms with E-state index in [1.54, 1.807) is 29.0 Å². The van der Waals surface area contributed by atoms with Crippen molar-refractivity contribution in [1.82, 2.24) is 19.1 Å². The van der Waals surface area contributed by atoms with E-state index in [0.717, 1.165) is 29.5 Å². The van der Waals surface area contributed by atoms with E-state index in [1.807, 2.05) is 22.8 Å². The van der Waals surface area contributed by atoms with Crippen molar-refractivity contribution in [2.24, 2.45) is 18.9 Å². The van der Waals surface area contributed by atoms with Crippen molar-refractivity contribution in [2.75, 3.05) is 0 Å². The number of thiophene rings is 1. The lowest BCUT2D eigenvalue weighted by Gasteiger charge is -2.18. The first kappa shape index (κ1) is 22.3. The van der Waals surface area contributed by atoms with Crippen molar-refractivity contribution in [2.45, 2.75) is 57.5 Å². The van der Waals surface area contributed by atoms with Crippen LogP contribution >= 0.6 is 23.1 Å². The van der Waals surface area contributed by atoms with Gasteiger partial charge >= 0.3 is 0 Å². The maximum Gasteiger partial charge on any atom is 0.263 e. The molecule has 0 saturated heterocycles. The quantitative estimate of drug-likeness (QED) is 0.304. The molecule has 172 valence electrons. The number of aryl methyl sites for hydroxylation is 1. The smallest absolute Gasteiger partial charge is 0.263 e. The summed E-state index contributed by atoms with van der Waals surface area (Å²) in [5, 5.41) is 2.14. The summed E-state index contributed by atoms with van der Waals surface area (Å²) in [7, 11) is 1.75. The van der Waals surface area contributed by atoms with Crippen LogP contribution < -0.4 is 11.1 Å². The normalized spacial score (nSPS) is 16.1. The fourth-order valence-electron chi connectivity index (χ4n) is 4.56. The van der Waals surface area contributed by atoms with Crippen molar-refractivity contribution in [1.29, 1.82) is 0 Å². The Hall–Kier alpha value is -2.45. The molecule has 0 fully saturated rings. The summed E-state index contributed by atoms with van der Waals surface area (Å²) < 4.78 is 3.44. The van der Waals surface area contributed by atoms with Crippen LogP contribution in [0.5, 0.6) is 0 Å². The van der Waals surface area contributed by atoms with Gasteiger partial charge in [0, 0.05) is 18.5 Å². The molecule has 0 aliphatic heterocycles. The fourth-order valence-corrected chi connectivity index (χ4v) is 6.98. The summed E-state index contributed by atoms with van der Waals surface area (Å²) in [5.74, 6) is 2.11. The Morgan fingerprint density at radius 1 is 1.18 bits per heavy atom. The number of fused-ring (bicyclic) bond motifs is 4. The van der Waals surface area contributed by atoms with Gasteiger partial charge in [-0.25, -0.2) is 9.97 Å². The Morgan fingerprint density at radius 2 is 1.97 bits per heavy atom. The van der Waals surface area contributed by atoms with E-state index in [4.69, 9.17) is 9.97 Å². The van der Waals surface area contributed by atoms with E-state index in [9.17, 15) is 9.59 Å². The summed E-state index contributed by atoms with van der Waals surface area (Å²) in [6, 6.07) is 7.41. The molecule has 33 heavy (non-hydrogen) atoms. The van der Waals surface area contributed by atoms with E-state index >= 15 is 0 Å². The fraction of sp³-hybridized carbons (Fsp3) is 0.440. The molecule has 5 rings (SSSR count). The molecule has 0 saturated carbocycles. The summed E-state index contributed by atoms with van der Waals surface area (Å²) in [4.78, 5) is 38.3. The molecule has 0 N–H and O–H groups in total. The zero-order valence-corrected chi connectivity index (χ0v) is 21.1. The lowest BCUT2D eigenvalue weighted by atomic mass is 9.89. The van der Waals surface area contributed by atoms with Gasteiger partial charge in [0.05, 0.1) is 22.0 Å². The van der Waals surface area contributed by atoms with E-state index in [0.29, 0.717) is 46.0 Å².